The summed E-state index contributed by atoms with van der Waals surface area (Å²) >= 11 is 0. The topological polar surface area (TPSA) is 63.8 Å². The van der Waals surface area contributed by atoms with Gasteiger partial charge in [-0.3, -0.25) is 4.98 Å². The molecule has 0 radical (unpaired) electrons. The van der Waals surface area contributed by atoms with Crippen LogP contribution < -0.4 is 5.32 Å². The molecule has 2 rings (SSSR count). The molecule has 0 saturated carbocycles. The molecule has 1 N–H and O–H groups in total. The minimum Gasteiger partial charge on any atom is -0.338 e. The minimum absolute atomic E-state index is 0.0330. The van der Waals surface area contributed by atoms with Crippen LogP contribution in [0.25, 0.3) is 11.4 Å². The Kier molecular flexibility index (Phi) is 3.19. The van der Waals surface area contributed by atoms with Crippen molar-refractivity contribution in [1.82, 2.24) is 20.4 Å². The third-order valence-corrected chi connectivity index (χ3v) is 2.18. The molecular weight excluding hydrogens is 216 g/mol. The van der Waals surface area contributed by atoms with Gasteiger partial charge in [0.05, 0.1) is 6.54 Å². The molecule has 0 aliphatic carbocycles. The van der Waals surface area contributed by atoms with Crippen molar-refractivity contribution in [2.75, 3.05) is 0 Å². The van der Waals surface area contributed by atoms with Crippen molar-refractivity contribution in [1.29, 1.82) is 0 Å². The van der Waals surface area contributed by atoms with Gasteiger partial charge in [0.1, 0.15) is 0 Å². The van der Waals surface area contributed by atoms with Crippen LogP contribution in [0.2, 0.25) is 0 Å². The van der Waals surface area contributed by atoms with Crippen LogP contribution in [0.3, 0.4) is 0 Å². The van der Waals surface area contributed by atoms with E-state index in [1.54, 1.807) is 12.4 Å². The van der Waals surface area contributed by atoms with E-state index in [0.29, 0.717) is 18.3 Å². The lowest BCUT2D eigenvalue weighted by Gasteiger charge is -2.18. The SMILES string of the molecule is CC(C)(C)NCc1nc(-c2ccncc2)no1. The van der Waals surface area contributed by atoms with E-state index in [4.69, 9.17) is 4.52 Å². The predicted molar refractivity (Wildman–Crippen MR) is 64.1 cm³/mol. The van der Waals surface area contributed by atoms with Crippen molar-refractivity contribution >= 4 is 0 Å². The van der Waals surface area contributed by atoms with Crippen molar-refractivity contribution in [2.45, 2.75) is 32.9 Å². The Hall–Kier alpha value is -1.75. The van der Waals surface area contributed by atoms with Crippen LogP contribution in [0, 0.1) is 0 Å². The Balaban J connectivity index is 2.07. The highest BCUT2D eigenvalue weighted by Crippen LogP contribution is 2.14. The predicted octanol–water partition coefficient (Wildman–Crippen LogP) is 2.02. The molecule has 17 heavy (non-hydrogen) atoms. The van der Waals surface area contributed by atoms with Gasteiger partial charge < -0.3 is 9.84 Å². The van der Waals surface area contributed by atoms with E-state index in [9.17, 15) is 0 Å². The molecule has 0 bridgehead atoms. The number of nitrogens with zero attached hydrogens (tertiary/aromatic N) is 3. The Morgan fingerprint density at radius 2 is 1.94 bits per heavy atom. The second kappa shape index (κ2) is 4.63. The lowest BCUT2D eigenvalue weighted by atomic mass is 10.1. The van der Waals surface area contributed by atoms with E-state index >= 15 is 0 Å². The summed E-state index contributed by atoms with van der Waals surface area (Å²) in [5.41, 5.74) is 0.941. The second-order valence-electron chi connectivity index (χ2n) is 4.85. The van der Waals surface area contributed by atoms with Gasteiger partial charge in [0.2, 0.25) is 11.7 Å². The quantitative estimate of drug-likeness (QED) is 0.877. The van der Waals surface area contributed by atoms with Crippen molar-refractivity contribution < 1.29 is 4.52 Å². The summed E-state index contributed by atoms with van der Waals surface area (Å²) in [5.74, 6) is 1.19. The first-order valence-corrected chi connectivity index (χ1v) is 5.53. The summed E-state index contributed by atoms with van der Waals surface area (Å²) < 4.78 is 5.17. The smallest absolute Gasteiger partial charge is 0.240 e. The fourth-order valence-corrected chi connectivity index (χ4v) is 1.29. The van der Waals surface area contributed by atoms with Gasteiger partial charge in [-0.25, -0.2) is 0 Å². The number of hydrogen-bond donors (Lipinski definition) is 1. The molecule has 0 atom stereocenters. The van der Waals surface area contributed by atoms with Gasteiger partial charge in [-0.1, -0.05) is 5.16 Å². The Labute approximate surface area is 100 Å². The maximum atomic E-state index is 5.17. The molecule has 0 spiro atoms. The highest BCUT2D eigenvalue weighted by atomic mass is 16.5. The maximum absolute atomic E-state index is 5.17. The molecule has 0 aromatic carbocycles. The zero-order valence-electron chi connectivity index (χ0n) is 10.3. The van der Waals surface area contributed by atoms with E-state index in [1.165, 1.54) is 0 Å². The standard InChI is InChI=1S/C12H16N4O/c1-12(2,3)14-8-10-15-11(16-17-10)9-4-6-13-7-5-9/h4-7,14H,8H2,1-3H3. The van der Waals surface area contributed by atoms with Crippen molar-refractivity contribution in [3.8, 4) is 11.4 Å². The van der Waals surface area contributed by atoms with E-state index in [-0.39, 0.29) is 5.54 Å². The summed E-state index contributed by atoms with van der Waals surface area (Å²) in [6, 6.07) is 3.71. The molecule has 0 unspecified atom stereocenters. The van der Waals surface area contributed by atoms with Crippen LogP contribution in [0.1, 0.15) is 26.7 Å². The third-order valence-electron chi connectivity index (χ3n) is 2.18. The summed E-state index contributed by atoms with van der Waals surface area (Å²) in [6.45, 7) is 6.84. The van der Waals surface area contributed by atoms with E-state index in [1.807, 2.05) is 12.1 Å². The molecule has 0 fully saturated rings. The fourth-order valence-electron chi connectivity index (χ4n) is 1.29. The molecule has 0 amide bonds. The number of aromatic nitrogens is 3. The van der Waals surface area contributed by atoms with Crippen molar-refractivity contribution in [3.63, 3.8) is 0 Å². The highest BCUT2D eigenvalue weighted by molar-refractivity contribution is 5.52. The van der Waals surface area contributed by atoms with Crippen LogP contribution in [0.5, 0.6) is 0 Å². The monoisotopic (exact) mass is 232 g/mol. The van der Waals surface area contributed by atoms with Gasteiger partial charge in [0.15, 0.2) is 0 Å². The van der Waals surface area contributed by atoms with Gasteiger partial charge in [0, 0.05) is 23.5 Å². The molecule has 2 heterocycles. The van der Waals surface area contributed by atoms with Crippen molar-refractivity contribution in [2.24, 2.45) is 0 Å². The fraction of sp³-hybridized carbons (Fsp3) is 0.417. The molecule has 2 aromatic heterocycles. The molecule has 5 heteroatoms. The molecule has 0 aliphatic rings. The van der Waals surface area contributed by atoms with Gasteiger partial charge in [-0.2, -0.15) is 4.98 Å². The summed E-state index contributed by atoms with van der Waals surface area (Å²) in [7, 11) is 0. The lowest BCUT2D eigenvalue weighted by molar-refractivity contribution is 0.336. The molecule has 2 aromatic rings. The van der Waals surface area contributed by atoms with Crippen LogP contribution >= 0.6 is 0 Å². The van der Waals surface area contributed by atoms with Gasteiger partial charge >= 0.3 is 0 Å². The Bertz CT molecular complexity index is 473. The summed E-state index contributed by atoms with van der Waals surface area (Å²) in [4.78, 5) is 8.26. The zero-order chi connectivity index (χ0) is 12.3. The first kappa shape index (κ1) is 11.7. The Morgan fingerprint density at radius 3 is 2.59 bits per heavy atom. The van der Waals surface area contributed by atoms with E-state index in [0.717, 1.165) is 5.56 Å². The second-order valence-corrected chi connectivity index (χ2v) is 4.85. The zero-order valence-corrected chi connectivity index (χ0v) is 10.3. The molecular formula is C12H16N4O. The lowest BCUT2D eigenvalue weighted by Crippen LogP contribution is -2.35. The number of nitrogens with one attached hydrogen (secondary N) is 1. The van der Waals surface area contributed by atoms with Crippen LogP contribution in [-0.2, 0) is 6.54 Å². The van der Waals surface area contributed by atoms with Crippen LogP contribution in [0.4, 0.5) is 0 Å². The van der Waals surface area contributed by atoms with Gasteiger partial charge in [-0.15, -0.1) is 0 Å². The molecule has 0 saturated heterocycles. The first-order chi connectivity index (χ1) is 8.04. The van der Waals surface area contributed by atoms with Gasteiger partial charge in [-0.05, 0) is 32.9 Å². The number of hydrogen-bond acceptors (Lipinski definition) is 5. The molecule has 5 nitrogen and oxygen atoms in total. The highest BCUT2D eigenvalue weighted by Gasteiger charge is 2.12. The summed E-state index contributed by atoms with van der Waals surface area (Å²) in [5, 5.41) is 7.23. The van der Waals surface area contributed by atoms with E-state index < -0.39 is 0 Å². The minimum atomic E-state index is 0.0330. The van der Waals surface area contributed by atoms with Gasteiger partial charge in [0.25, 0.3) is 0 Å². The number of pyridine rings is 1. The van der Waals surface area contributed by atoms with Crippen molar-refractivity contribution in [3.05, 3.63) is 30.4 Å². The molecule has 90 valence electrons. The number of rotatable bonds is 3. The van der Waals surface area contributed by atoms with E-state index in [2.05, 4.69) is 41.2 Å². The third kappa shape index (κ3) is 3.35. The summed E-state index contributed by atoms with van der Waals surface area (Å²) in [6.07, 6.45) is 3.41. The van der Waals surface area contributed by atoms with Crippen LogP contribution in [-0.4, -0.2) is 20.7 Å². The Morgan fingerprint density at radius 1 is 1.24 bits per heavy atom. The largest absolute Gasteiger partial charge is 0.338 e. The van der Waals surface area contributed by atoms with Crippen LogP contribution in [0.15, 0.2) is 29.0 Å². The average molecular weight is 232 g/mol. The average Bonchev–Trinajstić information content (AvgIpc) is 2.75. The first-order valence-electron chi connectivity index (χ1n) is 5.53. The molecule has 0 aliphatic heterocycles. The maximum Gasteiger partial charge on any atom is 0.240 e. The normalized spacial score (nSPS) is 11.7.